The third-order valence-electron chi connectivity index (χ3n) is 3.40. The number of ether oxygens (including phenoxy) is 1. The van der Waals surface area contributed by atoms with Gasteiger partial charge in [-0.05, 0) is 29.7 Å². The number of aliphatic hydroxyl groups is 1. The molecule has 1 heterocycles. The highest BCUT2D eigenvalue weighted by Gasteiger charge is 2.12. The Bertz CT molecular complexity index is 393. The van der Waals surface area contributed by atoms with Crippen molar-refractivity contribution in [1.82, 2.24) is 0 Å². The van der Waals surface area contributed by atoms with Crippen molar-refractivity contribution in [2.45, 2.75) is 19.4 Å². The van der Waals surface area contributed by atoms with Crippen LogP contribution in [0.2, 0.25) is 0 Å². The lowest BCUT2D eigenvalue weighted by atomic mass is 10.0. The van der Waals surface area contributed by atoms with Gasteiger partial charge in [-0.3, -0.25) is 0 Å². The van der Waals surface area contributed by atoms with Crippen LogP contribution in [0, 0.1) is 0 Å². The number of hydrogen-bond donors (Lipinski definition) is 1. The summed E-state index contributed by atoms with van der Waals surface area (Å²) >= 11 is 0. The number of nitrogens with zero attached hydrogens (tertiary/aromatic N) is 1. The van der Waals surface area contributed by atoms with Crippen molar-refractivity contribution >= 4 is 11.3 Å². The Morgan fingerprint density at radius 3 is 2.50 bits per heavy atom. The number of morpholine rings is 1. The zero-order chi connectivity index (χ0) is 13.0. The predicted molar refractivity (Wildman–Crippen MR) is 74.8 cm³/mol. The average molecular weight is 247 g/mol. The average Bonchev–Trinajstić information content (AvgIpc) is 2.47. The SMILES string of the molecule is C=C(c1ccc(N2CCOCC2)cc1)C(O)CC. The maximum atomic E-state index is 9.77. The monoisotopic (exact) mass is 247 g/mol. The summed E-state index contributed by atoms with van der Waals surface area (Å²) in [4.78, 5) is 2.31. The van der Waals surface area contributed by atoms with Gasteiger partial charge in [0.15, 0.2) is 0 Å². The third kappa shape index (κ3) is 2.92. The summed E-state index contributed by atoms with van der Waals surface area (Å²) in [6.45, 7) is 9.38. The van der Waals surface area contributed by atoms with E-state index in [1.54, 1.807) is 0 Å². The summed E-state index contributed by atoms with van der Waals surface area (Å²) in [6.07, 6.45) is 0.253. The third-order valence-corrected chi connectivity index (χ3v) is 3.40. The molecule has 0 saturated carbocycles. The normalized spacial score (nSPS) is 17.6. The van der Waals surface area contributed by atoms with E-state index < -0.39 is 6.10 Å². The van der Waals surface area contributed by atoms with Crippen LogP contribution < -0.4 is 4.90 Å². The molecular formula is C15H21NO2. The van der Waals surface area contributed by atoms with Gasteiger partial charge >= 0.3 is 0 Å². The molecule has 1 aromatic rings. The van der Waals surface area contributed by atoms with Gasteiger partial charge < -0.3 is 14.7 Å². The second-order valence-corrected chi connectivity index (χ2v) is 4.60. The second-order valence-electron chi connectivity index (χ2n) is 4.60. The zero-order valence-corrected chi connectivity index (χ0v) is 10.9. The maximum absolute atomic E-state index is 9.77. The van der Waals surface area contributed by atoms with Crippen molar-refractivity contribution in [2.75, 3.05) is 31.2 Å². The van der Waals surface area contributed by atoms with Gasteiger partial charge in [0.25, 0.3) is 0 Å². The van der Waals surface area contributed by atoms with E-state index in [4.69, 9.17) is 4.74 Å². The fraction of sp³-hybridized carbons (Fsp3) is 0.467. The maximum Gasteiger partial charge on any atom is 0.0787 e. The molecule has 2 rings (SSSR count). The first-order valence-corrected chi connectivity index (χ1v) is 6.52. The summed E-state index contributed by atoms with van der Waals surface area (Å²) in [5.74, 6) is 0. The highest BCUT2D eigenvalue weighted by molar-refractivity contribution is 5.68. The Kier molecular flexibility index (Phi) is 4.39. The number of benzene rings is 1. The molecular weight excluding hydrogens is 226 g/mol. The highest BCUT2D eigenvalue weighted by Crippen LogP contribution is 2.22. The molecule has 0 spiro atoms. The Morgan fingerprint density at radius 2 is 1.94 bits per heavy atom. The van der Waals surface area contributed by atoms with Crippen LogP contribution in [0.25, 0.3) is 5.57 Å². The van der Waals surface area contributed by atoms with Gasteiger partial charge in [0.1, 0.15) is 0 Å². The van der Waals surface area contributed by atoms with Crippen LogP contribution >= 0.6 is 0 Å². The lowest BCUT2D eigenvalue weighted by Crippen LogP contribution is -2.36. The van der Waals surface area contributed by atoms with Gasteiger partial charge in [-0.2, -0.15) is 0 Å². The van der Waals surface area contributed by atoms with Gasteiger partial charge in [0.2, 0.25) is 0 Å². The largest absolute Gasteiger partial charge is 0.388 e. The minimum absolute atomic E-state index is 0.445. The number of rotatable bonds is 4. The summed E-state index contributed by atoms with van der Waals surface area (Å²) in [7, 11) is 0. The van der Waals surface area contributed by atoms with E-state index in [2.05, 4.69) is 23.6 Å². The number of aliphatic hydroxyl groups excluding tert-OH is 1. The van der Waals surface area contributed by atoms with E-state index in [0.29, 0.717) is 6.42 Å². The topological polar surface area (TPSA) is 32.7 Å². The highest BCUT2D eigenvalue weighted by atomic mass is 16.5. The lowest BCUT2D eigenvalue weighted by Gasteiger charge is -2.29. The first-order valence-electron chi connectivity index (χ1n) is 6.52. The first kappa shape index (κ1) is 13.1. The van der Waals surface area contributed by atoms with Crippen LogP contribution in [0.1, 0.15) is 18.9 Å². The molecule has 0 radical (unpaired) electrons. The summed E-state index contributed by atoms with van der Waals surface area (Å²) in [5.41, 5.74) is 3.02. The zero-order valence-electron chi connectivity index (χ0n) is 10.9. The van der Waals surface area contributed by atoms with Crippen LogP contribution in [0.3, 0.4) is 0 Å². The molecule has 0 amide bonds. The van der Waals surface area contributed by atoms with Crippen LogP contribution in [0.4, 0.5) is 5.69 Å². The molecule has 1 aliphatic heterocycles. The molecule has 1 atom stereocenters. The van der Waals surface area contributed by atoms with Gasteiger partial charge in [-0.1, -0.05) is 25.6 Å². The van der Waals surface area contributed by atoms with Crippen molar-refractivity contribution in [3.63, 3.8) is 0 Å². The summed E-state index contributed by atoms with van der Waals surface area (Å²) < 4.78 is 5.34. The van der Waals surface area contributed by atoms with Crippen LogP contribution in [0.15, 0.2) is 30.8 Å². The molecule has 0 aliphatic carbocycles. The van der Waals surface area contributed by atoms with E-state index in [9.17, 15) is 5.11 Å². The molecule has 18 heavy (non-hydrogen) atoms. The quantitative estimate of drug-likeness (QED) is 0.886. The molecule has 1 unspecified atom stereocenters. The van der Waals surface area contributed by atoms with E-state index in [1.165, 1.54) is 5.69 Å². The minimum Gasteiger partial charge on any atom is -0.388 e. The van der Waals surface area contributed by atoms with Crippen molar-refractivity contribution in [2.24, 2.45) is 0 Å². The minimum atomic E-state index is -0.445. The standard InChI is InChI=1S/C15H21NO2/c1-3-15(17)12(2)13-4-6-14(7-5-13)16-8-10-18-11-9-16/h4-7,15,17H,2-3,8-11H2,1H3. The smallest absolute Gasteiger partial charge is 0.0787 e. The van der Waals surface area contributed by atoms with Gasteiger partial charge in [-0.15, -0.1) is 0 Å². The fourth-order valence-electron chi connectivity index (χ4n) is 2.15. The van der Waals surface area contributed by atoms with Crippen molar-refractivity contribution in [1.29, 1.82) is 0 Å². The van der Waals surface area contributed by atoms with Gasteiger partial charge in [-0.25, -0.2) is 0 Å². The Morgan fingerprint density at radius 1 is 1.33 bits per heavy atom. The van der Waals surface area contributed by atoms with E-state index in [0.717, 1.165) is 37.4 Å². The van der Waals surface area contributed by atoms with E-state index in [-0.39, 0.29) is 0 Å². The second kappa shape index (κ2) is 6.03. The van der Waals surface area contributed by atoms with Crippen LogP contribution in [-0.2, 0) is 4.74 Å². The van der Waals surface area contributed by atoms with Crippen molar-refractivity contribution in [3.8, 4) is 0 Å². The molecule has 0 bridgehead atoms. The Balaban J connectivity index is 2.07. The molecule has 1 aliphatic rings. The summed E-state index contributed by atoms with van der Waals surface area (Å²) in [5, 5.41) is 9.77. The molecule has 1 saturated heterocycles. The van der Waals surface area contributed by atoms with E-state index >= 15 is 0 Å². The molecule has 1 N–H and O–H groups in total. The molecule has 1 fully saturated rings. The summed E-state index contributed by atoms with van der Waals surface area (Å²) in [6, 6.07) is 8.25. The van der Waals surface area contributed by atoms with Crippen LogP contribution in [0.5, 0.6) is 0 Å². The van der Waals surface area contributed by atoms with Gasteiger partial charge in [0, 0.05) is 18.8 Å². The predicted octanol–water partition coefficient (Wildman–Crippen LogP) is 2.31. The lowest BCUT2D eigenvalue weighted by molar-refractivity contribution is 0.122. The molecule has 3 heteroatoms. The van der Waals surface area contributed by atoms with E-state index in [1.807, 2.05) is 19.1 Å². The molecule has 3 nitrogen and oxygen atoms in total. The first-order chi connectivity index (χ1) is 8.72. The Hall–Kier alpha value is -1.32. The molecule has 0 aromatic heterocycles. The number of anilines is 1. The fourth-order valence-corrected chi connectivity index (χ4v) is 2.15. The number of hydrogen-bond acceptors (Lipinski definition) is 3. The van der Waals surface area contributed by atoms with Crippen LogP contribution in [-0.4, -0.2) is 37.5 Å². The van der Waals surface area contributed by atoms with Crippen molar-refractivity contribution < 1.29 is 9.84 Å². The Labute approximate surface area is 109 Å². The van der Waals surface area contributed by atoms with Gasteiger partial charge in [0.05, 0.1) is 19.3 Å². The molecule has 98 valence electrons. The van der Waals surface area contributed by atoms with Crippen molar-refractivity contribution in [3.05, 3.63) is 36.4 Å². The molecule has 1 aromatic carbocycles.